The summed E-state index contributed by atoms with van der Waals surface area (Å²) < 4.78 is 5.08. The van der Waals surface area contributed by atoms with Gasteiger partial charge in [-0.15, -0.1) is 0 Å². The van der Waals surface area contributed by atoms with Crippen LogP contribution >= 0.6 is 0 Å². The lowest BCUT2D eigenvalue weighted by atomic mass is 10.1. The van der Waals surface area contributed by atoms with Crippen molar-refractivity contribution in [2.75, 3.05) is 37.2 Å². The Morgan fingerprint density at radius 2 is 1.90 bits per heavy atom. The average molecular weight is 285 g/mol. The fourth-order valence-corrected chi connectivity index (χ4v) is 2.03. The van der Waals surface area contributed by atoms with Crippen molar-refractivity contribution in [1.29, 1.82) is 0 Å². The molecule has 1 amide bonds. The van der Waals surface area contributed by atoms with Gasteiger partial charge in [-0.05, 0) is 24.3 Å². The van der Waals surface area contributed by atoms with Crippen LogP contribution in [0.25, 0.3) is 0 Å². The van der Waals surface area contributed by atoms with Crippen LogP contribution in [0.1, 0.15) is 10.4 Å². The molecule has 0 atom stereocenters. The maximum absolute atomic E-state index is 12.4. The van der Waals surface area contributed by atoms with E-state index in [1.807, 2.05) is 43.3 Å². The van der Waals surface area contributed by atoms with E-state index in [9.17, 15) is 4.79 Å². The lowest BCUT2D eigenvalue weighted by Crippen LogP contribution is -2.17. The fourth-order valence-electron chi connectivity index (χ4n) is 2.03. The smallest absolute Gasteiger partial charge is 0.257 e. The summed E-state index contributed by atoms with van der Waals surface area (Å²) >= 11 is 0. The zero-order chi connectivity index (χ0) is 15.4. The third-order valence-corrected chi connectivity index (χ3v) is 3.14. The number of amides is 1. The van der Waals surface area contributed by atoms with Gasteiger partial charge in [0.25, 0.3) is 5.91 Å². The summed E-state index contributed by atoms with van der Waals surface area (Å²) in [6, 6.07) is 12.6. The molecule has 0 radical (unpaired) electrons. The highest BCUT2D eigenvalue weighted by Gasteiger charge is 2.13. The normalized spacial score (nSPS) is 10.0. The maximum Gasteiger partial charge on any atom is 0.257 e. The van der Waals surface area contributed by atoms with Gasteiger partial charge < -0.3 is 20.7 Å². The van der Waals surface area contributed by atoms with Crippen molar-refractivity contribution in [2.45, 2.75) is 0 Å². The zero-order valence-electron chi connectivity index (χ0n) is 12.4. The summed E-state index contributed by atoms with van der Waals surface area (Å²) in [5.41, 5.74) is 8.37. The van der Waals surface area contributed by atoms with Gasteiger partial charge in [0.15, 0.2) is 0 Å². The Hall–Kier alpha value is -2.69. The minimum atomic E-state index is -0.246. The molecule has 2 aromatic carbocycles. The monoisotopic (exact) mass is 285 g/mol. The molecule has 5 nitrogen and oxygen atoms in total. The number of ether oxygens (including phenoxy) is 1. The number of carbonyl (C=O) groups excluding carboxylic acids is 1. The van der Waals surface area contributed by atoms with Gasteiger partial charge in [0.1, 0.15) is 5.75 Å². The van der Waals surface area contributed by atoms with Crippen LogP contribution in [0, 0.1) is 0 Å². The van der Waals surface area contributed by atoms with Crippen molar-refractivity contribution in [3.05, 3.63) is 48.0 Å². The molecule has 2 aromatic rings. The number of hydrogen-bond acceptors (Lipinski definition) is 4. The molecule has 0 spiro atoms. The van der Waals surface area contributed by atoms with Crippen molar-refractivity contribution >= 4 is 23.0 Å². The summed E-state index contributed by atoms with van der Waals surface area (Å²) in [6.07, 6.45) is 0. The molecule has 0 unspecified atom stereocenters. The van der Waals surface area contributed by atoms with Gasteiger partial charge in [-0.1, -0.05) is 12.1 Å². The molecule has 0 aromatic heterocycles. The number of nitrogens with one attached hydrogen (secondary N) is 1. The first-order valence-electron chi connectivity index (χ1n) is 6.54. The standard InChI is InChI=1S/C16H19N3O2/c1-19(2)15-7-5-4-6-14(15)18-16(20)12-9-8-11(21-3)10-13(12)17/h4-10H,17H2,1-3H3,(H,18,20). The van der Waals surface area contributed by atoms with Gasteiger partial charge in [-0.3, -0.25) is 4.79 Å². The molecule has 0 heterocycles. The van der Waals surface area contributed by atoms with Crippen LogP contribution in [0.3, 0.4) is 0 Å². The van der Waals surface area contributed by atoms with E-state index in [1.54, 1.807) is 25.3 Å². The molecular weight excluding hydrogens is 266 g/mol. The van der Waals surface area contributed by atoms with E-state index < -0.39 is 0 Å². The topological polar surface area (TPSA) is 67.6 Å². The highest BCUT2D eigenvalue weighted by molar-refractivity contribution is 6.09. The first-order valence-corrected chi connectivity index (χ1v) is 6.54. The van der Waals surface area contributed by atoms with Crippen LogP contribution in [-0.2, 0) is 0 Å². The van der Waals surface area contributed by atoms with E-state index in [2.05, 4.69) is 5.32 Å². The van der Waals surface area contributed by atoms with Crippen molar-refractivity contribution in [3.8, 4) is 5.75 Å². The number of nitrogens with zero attached hydrogens (tertiary/aromatic N) is 1. The second-order valence-electron chi connectivity index (χ2n) is 4.82. The van der Waals surface area contributed by atoms with Crippen LogP contribution < -0.4 is 20.7 Å². The Kier molecular flexibility index (Phi) is 4.33. The predicted molar refractivity (Wildman–Crippen MR) is 86.1 cm³/mol. The molecule has 0 aliphatic carbocycles. The first kappa shape index (κ1) is 14.7. The highest BCUT2D eigenvalue weighted by atomic mass is 16.5. The summed E-state index contributed by atoms with van der Waals surface area (Å²) in [4.78, 5) is 14.3. The molecule has 5 heteroatoms. The van der Waals surface area contributed by atoms with Crippen LogP contribution in [0.15, 0.2) is 42.5 Å². The number of anilines is 3. The third kappa shape index (κ3) is 3.25. The number of carbonyl (C=O) groups is 1. The third-order valence-electron chi connectivity index (χ3n) is 3.14. The number of nitrogen functional groups attached to an aromatic ring is 1. The Balaban J connectivity index is 2.26. The molecule has 0 saturated carbocycles. The lowest BCUT2D eigenvalue weighted by Gasteiger charge is -2.18. The van der Waals surface area contributed by atoms with Crippen LogP contribution in [0.4, 0.5) is 17.1 Å². The average Bonchev–Trinajstić information content (AvgIpc) is 2.47. The van der Waals surface area contributed by atoms with Gasteiger partial charge in [0.2, 0.25) is 0 Å². The van der Waals surface area contributed by atoms with Crippen molar-refractivity contribution in [3.63, 3.8) is 0 Å². The van der Waals surface area contributed by atoms with Crippen LogP contribution in [0.2, 0.25) is 0 Å². The molecule has 0 aliphatic rings. The van der Waals surface area contributed by atoms with E-state index in [0.29, 0.717) is 17.0 Å². The number of nitrogens with two attached hydrogens (primary N) is 1. The van der Waals surface area contributed by atoms with Gasteiger partial charge in [0.05, 0.1) is 24.0 Å². The summed E-state index contributed by atoms with van der Waals surface area (Å²) in [5.74, 6) is 0.377. The number of benzene rings is 2. The Labute approximate surface area is 124 Å². The van der Waals surface area contributed by atoms with Crippen LogP contribution in [0.5, 0.6) is 5.75 Å². The Bertz CT molecular complexity index is 654. The summed E-state index contributed by atoms with van der Waals surface area (Å²) in [6.45, 7) is 0. The van der Waals surface area contributed by atoms with Crippen molar-refractivity contribution in [2.24, 2.45) is 0 Å². The molecular formula is C16H19N3O2. The number of methoxy groups -OCH3 is 1. The van der Waals surface area contributed by atoms with Gasteiger partial charge in [-0.2, -0.15) is 0 Å². The van der Waals surface area contributed by atoms with E-state index >= 15 is 0 Å². The second kappa shape index (κ2) is 6.17. The minimum Gasteiger partial charge on any atom is -0.497 e. The zero-order valence-corrected chi connectivity index (χ0v) is 12.4. The fraction of sp³-hybridized carbons (Fsp3) is 0.188. The summed E-state index contributed by atoms with van der Waals surface area (Å²) in [7, 11) is 5.40. The second-order valence-corrected chi connectivity index (χ2v) is 4.82. The van der Waals surface area contributed by atoms with Crippen LogP contribution in [-0.4, -0.2) is 27.1 Å². The number of para-hydroxylation sites is 2. The molecule has 3 N–H and O–H groups in total. The quantitative estimate of drug-likeness (QED) is 0.847. The summed E-state index contributed by atoms with van der Waals surface area (Å²) in [5, 5.41) is 2.89. The van der Waals surface area contributed by atoms with E-state index in [0.717, 1.165) is 11.4 Å². The molecule has 0 bridgehead atoms. The van der Waals surface area contributed by atoms with E-state index in [-0.39, 0.29) is 5.91 Å². The lowest BCUT2D eigenvalue weighted by molar-refractivity contribution is 0.102. The van der Waals surface area contributed by atoms with Crippen molar-refractivity contribution in [1.82, 2.24) is 0 Å². The van der Waals surface area contributed by atoms with Gasteiger partial charge in [0, 0.05) is 25.8 Å². The van der Waals surface area contributed by atoms with Gasteiger partial charge in [-0.25, -0.2) is 0 Å². The first-order chi connectivity index (χ1) is 10.0. The number of hydrogen-bond donors (Lipinski definition) is 2. The van der Waals surface area contributed by atoms with Crippen molar-refractivity contribution < 1.29 is 9.53 Å². The molecule has 21 heavy (non-hydrogen) atoms. The minimum absolute atomic E-state index is 0.246. The largest absolute Gasteiger partial charge is 0.497 e. The molecule has 0 aliphatic heterocycles. The number of rotatable bonds is 4. The Morgan fingerprint density at radius 3 is 2.52 bits per heavy atom. The van der Waals surface area contributed by atoms with E-state index in [1.165, 1.54) is 0 Å². The molecule has 0 saturated heterocycles. The highest BCUT2D eigenvalue weighted by Crippen LogP contribution is 2.26. The molecule has 2 rings (SSSR count). The molecule has 0 fully saturated rings. The molecule has 110 valence electrons. The van der Waals surface area contributed by atoms with Gasteiger partial charge >= 0.3 is 0 Å². The maximum atomic E-state index is 12.4. The SMILES string of the molecule is COc1ccc(C(=O)Nc2ccccc2N(C)C)c(N)c1. The van der Waals surface area contributed by atoms with E-state index in [4.69, 9.17) is 10.5 Å². The predicted octanol–water partition coefficient (Wildman–Crippen LogP) is 2.60. The Morgan fingerprint density at radius 1 is 1.19 bits per heavy atom.